The number of H-pyrrole nitrogens is 1. The fraction of sp³-hybridized carbons (Fsp3) is 0.556. The number of nitrogens with one attached hydrogen (secondary N) is 1. The van der Waals surface area contributed by atoms with Gasteiger partial charge in [-0.3, -0.25) is 14.6 Å². The number of rotatable bonds is 4. The lowest BCUT2D eigenvalue weighted by Crippen LogP contribution is -2.54. The van der Waals surface area contributed by atoms with Gasteiger partial charge in [0.1, 0.15) is 5.82 Å². The first-order valence-electron chi connectivity index (χ1n) is 8.61. The molecule has 0 spiro atoms. The molecule has 1 aliphatic rings. The average Bonchev–Trinajstić information content (AvgIpc) is 2.55. The van der Waals surface area contributed by atoms with Crippen molar-refractivity contribution in [2.24, 2.45) is 0 Å². The van der Waals surface area contributed by atoms with E-state index >= 15 is 0 Å². The molecule has 2 heterocycles. The third-order valence-corrected chi connectivity index (χ3v) is 4.87. The Morgan fingerprint density at radius 1 is 1.33 bits per heavy atom. The molecule has 0 bridgehead atoms. The molecule has 0 aliphatic carbocycles. The van der Waals surface area contributed by atoms with E-state index in [4.69, 9.17) is 0 Å². The summed E-state index contributed by atoms with van der Waals surface area (Å²) in [6.07, 6.45) is -0.310. The predicted molar refractivity (Wildman–Crippen MR) is 95.1 cm³/mol. The molecule has 130 valence electrons. The molecule has 1 aliphatic heterocycles. The number of piperazine rings is 1. The highest BCUT2D eigenvalue weighted by atomic mass is 16.3. The molecule has 1 fully saturated rings. The van der Waals surface area contributed by atoms with E-state index in [0.29, 0.717) is 18.0 Å². The smallest absolute Gasteiger partial charge is 0.258 e. The second-order valence-electron chi connectivity index (χ2n) is 6.83. The molecule has 2 aromatic rings. The van der Waals surface area contributed by atoms with Crippen molar-refractivity contribution in [2.45, 2.75) is 39.0 Å². The molecule has 3 atom stereocenters. The van der Waals surface area contributed by atoms with Crippen molar-refractivity contribution >= 4 is 10.9 Å². The van der Waals surface area contributed by atoms with E-state index in [-0.39, 0.29) is 17.7 Å². The number of para-hydroxylation sites is 1. The first-order chi connectivity index (χ1) is 11.5. The standard InChI is InChI=1S/C18H26N4O2/c1-12-10-22(9-8-21(12)11-13(2)23)14(3)17-19-16-7-5-4-6-15(16)18(24)20-17/h4-7,12-14,23H,8-11H2,1-3H3,(H,19,20,24)/t12-,13+,14-/m1/s1. The fourth-order valence-corrected chi connectivity index (χ4v) is 3.46. The van der Waals surface area contributed by atoms with Crippen LogP contribution in [0.4, 0.5) is 0 Å². The Morgan fingerprint density at radius 2 is 2.08 bits per heavy atom. The second kappa shape index (κ2) is 7.01. The van der Waals surface area contributed by atoms with Gasteiger partial charge in [0.25, 0.3) is 5.56 Å². The Balaban J connectivity index is 1.78. The second-order valence-corrected chi connectivity index (χ2v) is 6.83. The Morgan fingerprint density at radius 3 is 2.79 bits per heavy atom. The topological polar surface area (TPSA) is 72.5 Å². The number of aromatic amines is 1. The monoisotopic (exact) mass is 330 g/mol. The summed E-state index contributed by atoms with van der Waals surface area (Å²) in [5, 5.41) is 10.2. The van der Waals surface area contributed by atoms with E-state index in [0.717, 1.165) is 31.0 Å². The van der Waals surface area contributed by atoms with E-state index < -0.39 is 0 Å². The van der Waals surface area contributed by atoms with Gasteiger partial charge in [-0.2, -0.15) is 0 Å². The SMILES string of the molecule is C[C@H](O)CN1CCN([C@H](C)c2nc3ccccc3c(=O)[nH]2)C[C@H]1C. The zero-order valence-electron chi connectivity index (χ0n) is 14.6. The highest BCUT2D eigenvalue weighted by Crippen LogP contribution is 2.21. The van der Waals surface area contributed by atoms with Crippen LogP contribution >= 0.6 is 0 Å². The Labute approximate surface area is 142 Å². The molecule has 24 heavy (non-hydrogen) atoms. The zero-order valence-corrected chi connectivity index (χ0v) is 14.6. The van der Waals surface area contributed by atoms with Crippen molar-refractivity contribution < 1.29 is 5.11 Å². The first-order valence-corrected chi connectivity index (χ1v) is 8.61. The summed E-state index contributed by atoms with van der Waals surface area (Å²) >= 11 is 0. The normalized spacial score (nSPS) is 22.6. The quantitative estimate of drug-likeness (QED) is 0.886. The maximum atomic E-state index is 12.3. The maximum Gasteiger partial charge on any atom is 0.258 e. The molecule has 0 unspecified atom stereocenters. The highest BCUT2D eigenvalue weighted by Gasteiger charge is 2.28. The van der Waals surface area contributed by atoms with Gasteiger partial charge in [-0.25, -0.2) is 4.98 Å². The number of fused-ring (bicyclic) bond motifs is 1. The van der Waals surface area contributed by atoms with Gasteiger partial charge in [0.15, 0.2) is 0 Å². The molecule has 0 amide bonds. The van der Waals surface area contributed by atoms with Crippen molar-refractivity contribution in [1.29, 1.82) is 0 Å². The van der Waals surface area contributed by atoms with E-state index in [1.165, 1.54) is 0 Å². The third kappa shape index (κ3) is 3.50. The van der Waals surface area contributed by atoms with Crippen LogP contribution in [0.25, 0.3) is 10.9 Å². The van der Waals surface area contributed by atoms with Crippen molar-refractivity contribution in [2.75, 3.05) is 26.2 Å². The number of aromatic nitrogens is 2. The number of aliphatic hydroxyl groups is 1. The van der Waals surface area contributed by atoms with Crippen molar-refractivity contribution in [1.82, 2.24) is 19.8 Å². The van der Waals surface area contributed by atoms with Gasteiger partial charge in [-0.15, -0.1) is 0 Å². The molecular weight excluding hydrogens is 304 g/mol. The summed E-state index contributed by atoms with van der Waals surface area (Å²) < 4.78 is 0. The molecule has 3 rings (SSSR count). The Bertz CT molecular complexity index is 758. The number of nitrogens with zero attached hydrogens (tertiary/aromatic N) is 3. The largest absolute Gasteiger partial charge is 0.392 e. The molecule has 6 nitrogen and oxygen atoms in total. The highest BCUT2D eigenvalue weighted by molar-refractivity contribution is 5.77. The summed E-state index contributed by atoms with van der Waals surface area (Å²) in [5.74, 6) is 0.717. The van der Waals surface area contributed by atoms with Crippen LogP contribution in [-0.2, 0) is 0 Å². The summed E-state index contributed by atoms with van der Waals surface area (Å²) in [5.41, 5.74) is 0.659. The minimum Gasteiger partial charge on any atom is -0.392 e. The Hall–Kier alpha value is -1.76. The lowest BCUT2D eigenvalue weighted by atomic mass is 10.1. The molecule has 2 N–H and O–H groups in total. The van der Waals surface area contributed by atoms with Gasteiger partial charge in [0.05, 0.1) is 23.0 Å². The molecule has 1 aromatic carbocycles. The van der Waals surface area contributed by atoms with Gasteiger partial charge >= 0.3 is 0 Å². The first kappa shape index (κ1) is 17.1. The summed E-state index contributed by atoms with van der Waals surface area (Å²) in [6, 6.07) is 7.85. The van der Waals surface area contributed by atoms with Crippen LogP contribution in [-0.4, -0.2) is 63.2 Å². The van der Waals surface area contributed by atoms with Crippen LogP contribution in [0.1, 0.15) is 32.6 Å². The number of hydrogen-bond acceptors (Lipinski definition) is 5. The molecule has 0 radical (unpaired) electrons. The summed E-state index contributed by atoms with van der Waals surface area (Å²) in [6.45, 7) is 9.50. The summed E-state index contributed by atoms with van der Waals surface area (Å²) in [7, 11) is 0. The van der Waals surface area contributed by atoms with Gasteiger partial charge in [0.2, 0.25) is 0 Å². The van der Waals surface area contributed by atoms with Crippen LogP contribution in [0, 0.1) is 0 Å². The predicted octanol–water partition coefficient (Wildman–Crippen LogP) is 1.37. The van der Waals surface area contributed by atoms with Gasteiger partial charge in [0, 0.05) is 32.2 Å². The number of β-amino-alcohol motifs (C(OH)–C–C–N with tert-alkyl or cyclic N) is 1. The van der Waals surface area contributed by atoms with Gasteiger partial charge < -0.3 is 10.1 Å². The molecule has 1 saturated heterocycles. The maximum absolute atomic E-state index is 12.3. The van der Waals surface area contributed by atoms with Crippen LogP contribution < -0.4 is 5.56 Å². The fourth-order valence-electron chi connectivity index (χ4n) is 3.46. The van der Waals surface area contributed by atoms with Crippen molar-refractivity contribution in [3.05, 3.63) is 40.4 Å². The van der Waals surface area contributed by atoms with E-state index in [2.05, 4.69) is 33.6 Å². The van der Waals surface area contributed by atoms with Crippen molar-refractivity contribution in [3.8, 4) is 0 Å². The minimum absolute atomic E-state index is 0.0541. The molecule has 0 saturated carbocycles. The van der Waals surface area contributed by atoms with Crippen LogP contribution in [0.15, 0.2) is 29.1 Å². The number of hydrogen-bond donors (Lipinski definition) is 2. The van der Waals surface area contributed by atoms with E-state index in [9.17, 15) is 9.90 Å². The van der Waals surface area contributed by atoms with E-state index in [1.807, 2.05) is 25.1 Å². The van der Waals surface area contributed by atoms with E-state index in [1.54, 1.807) is 6.07 Å². The third-order valence-electron chi connectivity index (χ3n) is 4.87. The lowest BCUT2D eigenvalue weighted by molar-refractivity contribution is 0.0289. The zero-order chi connectivity index (χ0) is 17.3. The Kier molecular flexibility index (Phi) is 4.99. The van der Waals surface area contributed by atoms with Gasteiger partial charge in [-0.05, 0) is 32.9 Å². The number of aliphatic hydroxyl groups excluding tert-OH is 1. The van der Waals surface area contributed by atoms with Crippen LogP contribution in [0.3, 0.4) is 0 Å². The molecule has 6 heteroatoms. The summed E-state index contributed by atoms with van der Waals surface area (Å²) in [4.78, 5) is 24.5. The lowest BCUT2D eigenvalue weighted by Gasteiger charge is -2.42. The molecular formula is C18H26N4O2. The van der Waals surface area contributed by atoms with Crippen molar-refractivity contribution in [3.63, 3.8) is 0 Å². The minimum atomic E-state index is -0.310. The van der Waals surface area contributed by atoms with Crippen LogP contribution in [0.5, 0.6) is 0 Å². The molecule has 1 aromatic heterocycles. The van der Waals surface area contributed by atoms with Crippen LogP contribution in [0.2, 0.25) is 0 Å². The average molecular weight is 330 g/mol. The van der Waals surface area contributed by atoms with Gasteiger partial charge in [-0.1, -0.05) is 12.1 Å². The number of benzene rings is 1.